The lowest BCUT2D eigenvalue weighted by Crippen LogP contribution is -2.14. The van der Waals surface area contributed by atoms with E-state index in [0.29, 0.717) is 5.92 Å². The Kier molecular flexibility index (Phi) is 2.48. The van der Waals surface area contributed by atoms with Crippen LogP contribution in [-0.2, 0) is 12.8 Å². The van der Waals surface area contributed by atoms with Gasteiger partial charge in [-0.15, -0.1) is 0 Å². The largest absolute Gasteiger partial charge is 0.476 e. The SMILES string of the molecule is O=C(O)c1n[nH]c2c1CC(c1ccsc1)CC2. The number of aromatic carboxylic acids is 1. The molecule has 0 bridgehead atoms. The zero-order valence-electron chi connectivity index (χ0n) is 9.14. The van der Waals surface area contributed by atoms with Gasteiger partial charge >= 0.3 is 5.97 Å². The minimum Gasteiger partial charge on any atom is -0.476 e. The number of carboxylic acids is 1. The molecule has 5 heteroatoms. The van der Waals surface area contributed by atoms with Gasteiger partial charge in [0.15, 0.2) is 5.69 Å². The maximum atomic E-state index is 11.0. The summed E-state index contributed by atoms with van der Waals surface area (Å²) in [6.07, 6.45) is 2.73. The Morgan fingerprint density at radius 3 is 3.18 bits per heavy atom. The average molecular weight is 248 g/mol. The van der Waals surface area contributed by atoms with Crippen LogP contribution in [0.3, 0.4) is 0 Å². The van der Waals surface area contributed by atoms with Crippen LogP contribution in [0.15, 0.2) is 16.8 Å². The maximum absolute atomic E-state index is 11.0. The fourth-order valence-electron chi connectivity index (χ4n) is 2.46. The highest BCUT2D eigenvalue weighted by Crippen LogP contribution is 2.34. The Labute approximate surface area is 102 Å². The van der Waals surface area contributed by atoms with Gasteiger partial charge in [0, 0.05) is 11.3 Å². The molecule has 2 N–H and O–H groups in total. The van der Waals surface area contributed by atoms with E-state index in [4.69, 9.17) is 5.11 Å². The minimum absolute atomic E-state index is 0.194. The van der Waals surface area contributed by atoms with Gasteiger partial charge < -0.3 is 5.11 Å². The third-order valence-electron chi connectivity index (χ3n) is 3.36. The molecule has 88 valence electrons. The highest BCUT2D eigenvalue weighted by Gasteiger charge is 2.27. The second-order valence-electron chi connectivity index (χ2n) is 4.33. The number of nitrogens with one attached hydrogen (secondary N) is 1. The van der Waals surface area contributed by atoms with E-state index >= 15 is 0 Å². The number of hydrogen-bond acceptors (Lipinski definition) is 3. The van der Waals surface area contributed by atoms with Crippen LogP contribution in [-0.4, -0.2) is 21.3 Å². The minimum atomic E-state index is -0.937. The lowest BCUT2D eigenvalue weighted by atomic mass is 9.83. The van der Waals surface area contributed by atoms with E-state index in [1.165, 1.54) is 5.56 Å². The molecule has 2 heterocycles. The van der Waals surface area contributed by atoms with Crippen molar-refractivity contribution in [2.24, 2.45) is 0 Å². The molecular weight excluding hydrogens is 236 g/mol. The molecule has 1 aliphatic carbocycles. The highest BCUT2D eigenvalue weighted by molar-refractivity contribution is 7.07. The van der Waals surface area contributed by atoms with Gasteiger partial charge in [-0.05, 0) is 47.6 Å². The summed E-state index contributed by atoms with van der Waals surface area (Å²) >= 11 is 1.69. The second-order valence-corrected chi connectivity index (χ2v) is 5.11. The molecule has 1 aliphatic rings. The van der Waals surface area contributed by atoms with E-state index in [-0.39, 0.29) is 5.69 Å². The van der Waals surface area contributed by atoms with Crippen molar-refractivity contribution >= 4 is 17.3 Å². The number of thiophene rings is 1. The quantitative estimate of drug-likeness (QED) is 0.857. The van der Waals surface area contributed by atoms with Gasteiger partial charge in [0.2, 0.25) is 0 Å². The van der Waals surface area contributed by atoms with Crippen LogP contribution in [0, 0.1) is 0 Å². The second kappa shape index (κ2) is 4.00. The van der Waals surface area contributed by atoms with Crippen molar-refractivity contribution in [2.75, 3.05) is 0 Å². The molecule has 0 saturated carbocycles. The van der Waals surface area contributed by atoms with Crippen LogP contribution >= 0.6 is 11.3 Å². The van der Waals surface area contributed by atoms with Gasteiger partial charge in [-0.2, -0.15) is 16.4 Å². The topological polar surface area (TPSA) is 66.0 Å². The number of fused-ring (bicyclic) bond motifs is 1. The molecule has 1 atom stereocenters. The lowest BCUT2D eigenvalue weighted by Gasteiger charge is -2.21. The Morgan fingerprint density at radius 2 is 2.47 bits per heavy atom. The molecule has 2 aromatic heterocycles. The fourth-order valence-corrected chi connectivity index (χ4v) is 3.21. The van der Waals surface area contributed by atoms with Gasteiger partial charge in [-0.25, -0.2) is 4.79 Å². The molecule has 0 saturated heterocycles. The number of rotatable bonds is 2. The van der Waals surface area contributed by atoms with Crippen molar-refractivity contribution in [2.45, 2.75) is 25.2 Å². The van der Waals surface area contributed by atoms with E-state index in [1.54, 1.807) is 11.3 Å². The third-order valence-corrected chi connectivity index (χ3v) is 4.06. The first-order chi connectivity index (χ1) is 8.25. The average Bonchev–Trinajstić information content (AvgIpc) is 2.97. The van der Waals surface area contributed by atoms with Crippen molar-refractivity contribution in [3.63, 3.8) is 0 Å². The summed E-state index contributed by atoms with van der Waals surface area (Å²) in [7, 11) is 0. The lowest BCUT2D eigenvalue weighted by molar-refractivity contribution is 0.0689. The van der Waals surface area contributed by atoms with Crippen LogP contribution < -0.4 is 0 Å². The Hall–Kier alpha value is -1.62. The predicted octanol–water partition coefficient (Wildman–Crippen LogP) is 2.44. The van der Waals surface area contributed by atoms with Crippen LogP contribution in [0.4, 0.5) is 0 Å². The van der Waals surface area contributed by atoms with Gasteiger partial charge in [0.1, 0.15) is 0 Å². The van der Waals surface area contributed by atoms with Crippen LogP contribution in [0.2, 0.25) is 0 Å². The molecule has 0 amide bonds. The van der Waals surface area contributed by atoms with Crippen LogP contribution in [0.25, 0.3) is 0 Å². The van der Waals surface area contributed by atoms with Crippen molar-refractivity contribution < 1.29 is 9.90 Å². The van der Waals surface area contributed by atoms with Crippen molar-refractivity contribution in [1.29, 1.82) is 0 Å². The smallest absolute Gasteiger partial charge is 0.356 e. The Morgan fingerprint density at radius 1 is 1.59 bits per heavy atom. The first-order valence-electron chi connectivity index (χ1n) is 5.57. The number of aromatic amines is 1. The number of aromatic nitrogens is 2. The summed E-state index contributed by atoms with van der Waals surface area (Å²) in [5.41, 5.74) is 3.40. The standard InChI is InChI=1S/C12H12N2O2S/c15-12(16)11-9-5-7(8-3-4-17-6-8)1-2-10(9)13-14-11/h3-4,6-7H,1-2,5H2,(H,13,14)(H,15,16). The molecule has 0 aromatic carbocycles. The molecule has 0 spiro atoms. The number of nitrogens with zero attached hydrogens (tertiary/aromatic N) is 1. The Bertz CT molecular complexity index is 545. The number of carboxylic acid groups (broad SMARTS) is 1. The molecule has 1 unspecified atom stereocenters. The summed E-state index contributed by atoms with van der Waals surface area (Å²) in [5.74, 6) is -0.502. The molecule has 0 fully saturated rings. The van der Waals surface area contributed by atoms with Crippen LogP contribution in [0.1, 0.15) is 39.6 Å². The predicted molar refractivity (Wildman–Crippen MR) is 64.6 cm³/mol. The third kappa shape index (κ3) is 1.76. The Balaban J connectivity index is 1.94. The number of carbonyl (C=O) groups is 1. The summed E-state index contributed by atoms with van der Waals surface area (Å²) in [6.45, 7) is 0. The number of hydrogen-bond donors (Lipinski definition) is 2. The normalized spacial score (nSPS) is 18.9. The van der Waals surface area contributed by atoms with E-state index in [1.807, 2.05) is 0 Å². The van der Waals surface area contributed by atoms with Gasteiger partial charge in [0.25, 0.3) is 0 Å². The first-order valence-corrected chi connectivity index (χ1v) is 6.51. The van der Waals surface area contributed by atoms with E-state index in [0.717, 1.165) is 30.5 Å². The maximum Gasteiger partial charge on any atom is 0.356 e. The number of H-pyrrole nitrogens is 1. The van der Waals surface area contributed by atoms with E-state index in [9.17, 15) is 4.79 Å². The van der Waals surface area contributed by atoms with Gasteiger partial charge in [-0.3, -0.25) is 5.10 Å². The molecule has 2 aromatic rings. The van der Waals surface area contributed by atoms with Crippen LogP contribution in [0.5, 0.6) is 0 Å². The van der Waals surface area contributed by atoms with Crippen molar-refractivity contribution in [3.8, 4) is 0 Å². The molecule has 4 nitrogen and oxygen atoms in total. The fraction of sp³-hybridized carbons (Fsp3) is 0.333. The monoisotopic (exact) mass is 248 g/mol. The summed E-state index contributed by atoms with van der Waals surface area (Å²) in [4.78, 5) is 11.0. The summed E-state index contributed by atoms with van der Waals surface area (Å²) < 4.78 is 0. The van der Waals surface area contributed by atoms with E-state index < -0.39 is 5.97 Å². The van der Waals surface area contributed by atoms with Crippen molar-refractivity contribution in [1.82, 2.24) is 10.2 Å². The zero-order valence-corrected chi connectivity index (χ0v) is 9.96. The summed E-state index contributed by atoms with van der Waals surface area (Å²) in [5, 5.41) is 20.0. The molecule has 0 radical (unpaired) electrons. The molecule has 0 aliphatic heterocycles. The molecule has 3 rings (SSSR count). The van der Waals surface area contributed by atoms with E-state index in [2.05, 4.69) is 27.0 Å². The highest BCUT2D eigenvalue weighted by atomic mass is 32.1. The zero-order chi connectivity index (χ0) is 11.8. The van der Waals surface area contributed by atoms with Gasteiger partial charge in [-0.1, -0.05) is 0 Å². The molecular formula is C12H12N2O2S. The summed E-state index contributed by atoms with van der Waals surface area (Å²) in [6, 6.07) is 2.13. The molecule has 17 heavy (non-hydrogen) atoms. The van der Waals surface area contributed by atoms with Crippen molar-refractivity contribution in [3.05, 3.63) is 39.3 Å². The first kappa shape index (κ1) is 10.5. The van der Waals surface area contributed by atoms with Gasteiger partial charge in [0.05, 0.1) is 0 Å². The number of aryl methyl sites for hydroxylation is 1.